The van der Waals surface area contributed by atoms with Crippen LogP contribution in [0.5, 0.6) is 0 Å². The van der Waals surface area contributed by atoms with E-state index in [1.54, 1.807) is 35.4 Å². The van der Waals surface area contributed by atoms with Crippen molar-refractivity contribution in [1.82, 2.24) is 30.8 Å². The van der Waals surface area contributed by atoms with E-state index in [-0.39, 0.29) is 49.3 Å². The highest BCUT2D eigenvalue weighted by molar-refractivity contribution is 5.97. The smallest absolute Gasteiger partial charge is 0.270 e. The summed E-state index contributed by atoms with van der Waals surface area (Å²) in [6, 6.07) is 15.3. The minimum absolute atomic E-state index is 0.117. The average Bonchev–Trinajstić information content (AvgIpc) is 3.49. The van der Waals surface area contributed by atoms with Gasteiger partial charge in [0.1, 0.15) is 17.4 Å². The SMILES string of the molecule is O=C1CCCN(C(=O)c2ccc[nH]2)CCNC(=O)[C@H](Cc2ccccc2)NC(=O)c2cc(ccn2)NCCN1. The number of aromatic amines is 1. The van der Waals surface area contributed by atoms with Gasteiger partial charge in [0.25, 0.3) is 11.8 Å². The second kappa shape index (κ2) is 13.8. The van der Waals surface area contributed by atoms with Crippen molar-refractivity contribution in [3.05, 3.63) is 83.9 Å². The van der Waals surface area contributed by atoms with Crippen molar-refractivity contribution in [3.63, 3.8) is 0 Å². The van der Waals surface area contributed by atoms with Crippen molar-refractivity contribution in [2.75, 3.05) is 38.0 Å². The zero-order valence-electron chi connectivity index (χ0n) is 21.6. The molecular formula is C28H33N7O4. The Morgan fingerprint density at radius 3 is 2.54 bits per heavy atom. The van der Waals surface area contributed by atoms with Crippen LogP contribution in [0.2, 0.25) is 0 Å². The second-order valence-corrected chi connectivity index (χ2v) is 9.19. The molecule has 0 aliphatic carbocycles. The number of anilines is 1. The number of rotatable bonds is 3. The van der Waals surface area contributed by atoms with E-state index in [1.165, 1.54) is 6.20 Å². The Hall–Kier alpha value is -4.67. The monoisotopic (exact) mass is 531 g/mol. The molecule has 0 unspecified atom stereocenters. The standard InChI is InChI=1S/C28H33N7O4/c36-25-9-5-16-35(28(39)22-8-4-11-30-22)17-15-33-26(37)24(18-20-6-2-1-3-7-20)34-27(38)23-19-21(10-12-31-23)29-13-14-32-25/h1-4,6-8,10-12,19,24,29-30H,5,9,13-18H2,(H,32,36)(H,33,37)(H,34,38)/t24-/m0/s1. The van der Waals surface area contributed by atoms with Gasteiger partial charge in [0.15, 0.2) is 0 Å². The first-order valence-corrected chi connectivity index (χ1v) is 13.0. The van der Waals surface area contributed by atoms with Gasteiger partial charge in [-0.3, -0.25) is 24.2 Å². The number of H-pyrrole nitrogens is 1. The maximum Gasteiger partial charge on any atom is 0.270 e. The molecule has 0 saturated heterocycles. The molecule has 0 saturated carbocycles. The van der Waals surface area contributed by atoms with Crippen molar-refractivity contribution in [1.29, 1.82) is 0 Å². The number of carbonyl (C=O) groups is 4. The molecule has 39 heavy (non-hydrogen) atoms. The predicted octanol–water partition coefficient (Wildman–Crippen LogP) is 1.33. The van der Waals surface area contributed by atoms with Crippen molar-refractivity contribution in [2.45, 2.75) is 25.3 Å². The van der Waals surface area contributed by atoms with Crippen LogP contribution < -0.4 is 21.3 Å². The van der Waals surface area contributed by atoms with Gasteiger partial charge in [0, 0.05) is 63.6 Å². The number of nitrogens with zero attached hydrogens (tertiary/aromatic N) is 2. The number of nitrogens with one attached hydrogen (secondary N) is 5. The molecule has 204 valence electrons. The van der Waals surface area contributed by atoms with Crippen molar-refractivity contribution in [3.8, 4) is 0 Å². The lowest BCUT2D eigenvalue weighted by molar-refractivity contribution is -0.123. The van der Waals surface area contributed by atoms with Crippen LogP contribution in [0.15, 0.2) is 67.0 Å². The summed E-state index contributed by atoms with van der Waals surface area (Å²) in [4.78, 5) is 60.4. The Kier molecular flexibility index (Phi) is 9.65. The first kappa shape index (κ1) is 27.4. The number of carbonyl (C=O) groups excluding carboxylic acids is 4. The third-order valence-electron chi connectivity index (χ3n) is 6.30. The number of fused-ring (bicyclic) bond motifs is 2. The van der Waals surface area contributed by atoms with Crippen molar-refractivity contribution in [2.24, 2.45) is 0 Å². The van der Waals surface area contributed by atoms with Gasteiger partial charge in [0.05, 0.1) is 0 Å². The normalized spacial score (nSPS) is 17.9. The number of aromatic nitrogens is 2. The van der Waals surface area contributed by atoms with E-state index in [2.05, 4.69) is 31.2 Å². The van der Waals surface area contributed by atoms with Crippen LogP contribution in [0.3, 0.4) is 0 Å². The molecule has 11 heteroatoms. The summed E-state index contributed by atoms with van der Waals surface area (Å²) in [7, 11) is 0. The maximum atomic E-state index is 13.3. The summed E-state index contributed by atoms with van der Waals surface area (Å²) in [6.07, 6.45) is 4.20. The van der Waals surface area contributed by atoms with E-state index < -0.39 is 11.9 Å². The molecule has 1 aliphatic heterocycles. The first-order valence-electron chi connectivity index (χ1n) is 13.0. The number of benzene rings is 1. The van der Waals surface area contributed by atoms with Crippen LogP contribution >= 0.6 is 0 Å². The van der Waals surface area contributed by atoms with Gasteiger partial charge in [0.2, 0.25) is 11.8 Å². The van der Waals surface area contributed by atoms with E-state index in [1.807, 2.05) is 30.3 Å². The molecule has 4 rings (SSSR count). The van der Waals surface area contributed by atoms with Gasteiger partial charge >= 0.3 is 0 Å². The summed E-state index contributed by atoms with van der Waals surface area (Å²) >= 11 is 0. The second-order valence-electron chi connectivity index (χ2n) is 9.19. The largest absolute Gasteiger partial charge is 0.383 e. The minimum Gasteiger partial charge on any atom is -0.383 e. The Labute approximate surface area is 226 Å². The lowest BCUT2D eigenvalue weighted by Gasteiger charge is -2.24. The lowest BCUT2D eigenvalue weighted by Crippen LogP contribution is -2.50. The van der Waals surface area contributed by atoms with Gasteiger partial charge in [-0.1, -0.05) is 30.3 Å². The summed E-state index contributed by atoms with van der Waals surface area (Å²) in [5.74, 6) is -1.19. The highest BCUT2D eigenvalue weighted by Gasteiger charge is 2.24. The van der Waals surface area contributed by atoms with Gasteiger partial charge in [-0.2, -0.15) is 0 Å². The molecule has 4 amide bonds. The molecule has 2 aromatic heterocycles. The predicted molar refractivity (Wildman–Crippen MR) is 146 cm³/mol. The molecule has 11 nitrogen and oxygen atoms in total. The van der Waals surface area contributed by atoms with Crippen molar-refractivity contribution >= 4 is 29.3 Å². The molecule has 0 radical (unpaired) electrons. The molecule has 1 aliphatic rings. The third-order valence-corrected chi connectivity index (χ3v) is 6.30. The number of hydrogen-bond acceptors (Lipinski definition) is 6. The zero-order chi connectivity index (χ0) is 27.5. The summed E-state index contributed by atoms with van der Waals surface area (Å²) in [6.45, 7) is 1.61. The molecule has 0 fully saturated rings. The molecule has 1 aromatic carbocycles. The summed E-state index contributed by atoms with van der Waals surface area (Å²) < 4.78 is 0. The third kappa shape index (κ3) is 8.16. The van der Waals surface area contributed by atoms with Crippen LogP contribution in [0.1, 0.15) is 39.4 Å². The van der Waals surface area contributed by atoms with Crippen molar-refractivity contribution < 1.29 is 19.2 Å². The van der Waals surface area contributed by atoms with Crippen LogP contribution in [-0.2, 0) is 16.0 Å². The fraction of sp³-hybridized carbons (Fsp3) is 0.321. The van der Waals surface area contributed by atoms with E-state index in [0.717, 1.165) is 5.56 Å². The summed E-state index contributed by atoms with van der Waals surface area (Å²) in [5, 5.41) is 11.7. The van der Waals surface area contributed by atoms with E-state index in [9.17, 15) is 19.2 Å². The number of pyridine rings is 1. The quantitative estimate of drug-likeness (QED) is 0.344. The van der Waals surface area contributed by atoms with Crippen LogP contribution in [0.25, 0.3) is 0 Å². The highest BCUT2D eigenvalue weighted by Crippen LogP contribution is 2.10. The highest BCUT2D eigenvalue weighted by atomic mass is 16.2. The Morgan fingerprint density at radius 1 is 0.923 bits per heavy atom. The molecule has 5 N–H and O–H groups in total. The van der Waals surface area contributed by atoms with Crippen LogP contribution in [0.4, 0.5) is 5.69 Å². The number of hydrogen-bond donors (Lipinski definition) is 5. The van der Waals surface area contributed by atoms with Gasteiger partial charge in [-0.15, -0.1) is 0 Å². The lowest BCUT2D eigenvalue weighted by atomic mass is 10.0. The van der Waals surface area contributed by atoms with E-state index in [0.29, 0.717) is 37.4 Å². The van der Waals surface area contributed by atoms with E-state index >= 15 is 0 Å². The molecule has 2 bridgehead atoms. The molecular weight excluding hydrogens is 498 g/mol. The fourth-order valence-corrected chi connectivity index (χ4v) is 4.27. The number of amides is 4. The Bertz CT molecular complexity index is 1260. The molecule has 3 aromatic rings. The van der Waals surface area contributed by atoms with Gasteiger partial charge in [-0.05, 0) is 36.2 Å². The topological polar surface area (TPSA) is 148 Å². The fourth-order valence-electron chi connectivity index (χ4n) is 4.27. The van der Waals surface area contributed by atoms with E-state index in [4.69, 9.17) is 0 Å². The van der Waals surface area contributed by atoms with Gasteiger partial charge < -0.3 is 31.2 Å². The summed E-state index contributed by atoms with van der Waals surface area (Å²) in [5.41, 5.74) is 2.15. The molecule has 0 spiro atoms. The van der Waals surface area contributed by atoms with Crippen LogP contribution in [-0.4, -0.2) is 77.3 Å². The molecule has 3 heterocycles. The zero-order valence-corrected chi connectivity index (χ0v) is 21.6. The van der Waals surface area contributed by atoms with Gasteiger partial charge in [-0.25, -0.2) is 0 Å². The average molecular weight is 532 g/mol. The Morgan fingerprint density at radius 2 is 1.74 bits per heavy atom. The first-order chi connectivity index (χ1) is 19.0. The molecule has 1 atom stereocenters. The van der Waals surface area contributed by atoms with Crippen LogP contribution in [0, 0.1) is 0 Å². The maximum absolute atomic E-state index is 13.3. The minimum atomic E-state index is -0.852. The Balaban J connectivity index is 1.52.